The van der Waals surface area contributed by atoms with Crippen LogP contribution in [0.4, 0.5) is 0 Å². The number of carbonyl (C=O) groups is 2. The van der Waals surface area contributed by atoms with Crippen molar-refractivity contribution in [2.45, 2.75) is 32.7 Å². The van der Waals surface area contributed by atoms with E-state index in [0.717, 1.165) is 29.8 Å². The number of rotatable bonds is 6. The van der Waals surface area contributed by atoms with E-state index in [2.05, 4.69) is 5.32 Å². The van der Waals surface area contributed by atoms with Gasteiger partial charge in [-0.25, -0.2) is 0 Å². The lowest BCUT2D eigenvalue weighted by atomic mass is 10.1. The quantitative estimate of drug-likeness (QED) is 0.790. The third-order valence-corrected chi connectivity index (χ3v) is 3.85. The van der Waals surface area contributed by atoms with E-state index in [4.69, 9.17) is 0 Å². The van der Waals surface area contributed by atoms with Gasteiger partial charge in [0.2, 0.25) is 5.91 Å². The van der Waals surface area contributed by atoms with Gasteiger partial charge in [0, 0.05) is 30.0 Å². The highest BCUT2D eigenvalue weighted by Crippen LogP contribution is 2.18. The minimum Gasteiger partial charge on any atom is -0.352 e. The van der Waals surface area contributed by atoms with Crippen molar-refractivity contribution in [1.82, 2.24) is 14.8 Å². The number of aryl methyl sites for hydroxylation is 1. The molecule has 20 heavy (non-hydrogen) atoms. The molecule has 0 aliphatic heterocycles. The minimum absolute atomic E-state index is 0.00349. The van der Waals surface area contributed by atoms with Crippen molar-refractivity contribution in [3.63, 3.8) is 0 Å². The van der Waals surface area contributed by atoms with E-state index >= 15 is 0 Å². The van der Waals surface area contributed by atoms with Crippen LogP contribution in [0.3, 0.4) is 0 Å². The maximum absolute atomic E-state index is 12.3. The highest BCUT2D eigenvalue weighted by atomic mass is 16.2. The van der Waals surface area contributed by atoms with E-state index < -0.39 is 0 Å². The average molecular weight is 277 g/mol. The molecule has 0 aromatic carbocycles. The summed E-state index contributed by atoms with van der Waals surface area (Å²) in [6.45, 7) is 4.46. The number of hydrogen-bond acceptors (Lipinski definition) is 3. The molecule has 0 spiro atoms. The van der Waals surface area contributed by atoms with Crippen LogP contribution in [0, 0.1) is 13.8 Å². The summed E-state index contributed by atoms with van der Waals surface area (Å²) in [7, 11) is 3.75. The molecule has 0 unspecified atom stereocenters. The standard InChI is InChI=1S/C15H23N3O2/c1-10-7-13(11(2)18(10)4)14(19)8-17(3)9-15(20)16-12-5-6-12/h7,12H,5-6,8-9H2,1-4H3,(H,16,20). The predicted octanol–water partition coefficient (Wildman–Crippen LogP) is 1.04. The SMILES string of the molecule is Cc1cc(C(=O)CN(C)CC(=O)NC2CC2)c(C)n1C. The molecule has 5 heteroatoms. The maximum atomic E-state index is 12.3. The summed E-state index contributed by atoms with van der Waals surface area (Å²) in [5.74, 6) is 0.0664. The van der Waals surface area contributed by atoms with E-state index in [9.17, 15) is 9.59 Å². The Bertz CT molecular complexity index is 529. The van der Waals surface area contributed by atoms with Crippen LogP contribution in [-0.4, -0.2) is 47.3 Å². The monoisotopic (exact) mass is 277 g/mol. The Balaban J connectivity index is 1.89. The highest BCUT2D eigenvalue weighted by molar-refractivity contribution is 5.99. The van der Waals surface area contributed by atoms with Gasteiger partial charge in [-0.3, -0.25) is 14.5 Å². The molecule has 5 nitrogen and oxygen atoms in total. The third kappa shape index (κ3) is 3.48. The molecule has 0 bridgehead atoms. The summed E-state index contributed by atoms with van der Waals surface area (Å²) < 4.78 is 2.01. The normalized spacial score (nSPS) is 14.7. The van der Waals surface area contributed by atoms with Gasteiger partial charge in [0.15, 0.2) is 5.78 Å². The fraction of sp³-hybridized carbons (Fsp3) is 0.600. The second kappa shape index (κ2) is 5.79. The van der Waals surface area contributed by atoms with Crippen LogP contribution in [0.2, 0.25) is 0 Å². The summed E-state index contributed by atoms with van der Waals surface area (Å²) in [4.78, 5) is 25.7. The first kappa shape index (κ1) is 14.8. The number of Topliss-reactive ketones (excluding diaryl/α,β-unsaturated/α-hetero) is 1. The van der Waals surface area contributed by atoms with Gasteiger partial charge in [-0.05, 0) is 39.8 Å². The lowest BCUT2D eigenvalue weighted by Crippen LogP contribution is -2.38. The van der Waals surface area contributed by atoms with Gasteiger partial charge < -0.3 is 9.88 Å². The Kier molecular flexibility index (Phi) is 4.28. The Labute approximate surface area is 119 Å². The van der Waals surface area contributed by atoms with Crippen molar-refractivity contribution in [1.29, 1.82) is 0 Å². The molecular weight excluding hydrogens is 254 g/mol. The van der Waals surface area contributed by atoms with Gasteiger partial charge >= 0.3 is 0 Å². The fourth-order valence-corrected chi connectivity index (χ4v) is 2.27. The molecule has 110 valence electrons. The van der Waals surface area contributed by atoms with Crippen LogP contribution < -0.4 is 5.32 Å². The van der Waals surface area contributed by atoms with Crippen LogP contribution in [-0.2, 0) is 11.8 Å². The van der Waals surface area contributed by atoms with Gasteiger partial charge in [-0.1, -0.05) is 0 Å². The van der Waals surface area contributed by atoms with Crippen molar-refractivity contribution in [3.05, 3.63) is 23.0 Å². The van der Waals surface area contributed by atoms with Gasteiger partial charge in [0.25, 0.3) is 0 Å². The van der Waals surface area contributed by atoms with Crippen molar-refractivity contribution >= 4 is 11.7 Å². The highest BCUT2D eigenvalue weighted by Gasteiger charge is 2.24. The number of aromatic nitrogens is 1. The van der Waals surface area contributed by atoms with Gasteiger partial charge in [0.1, 0.15) is 0 Å². The van der Waals surface area contributed by atoms with E-state index in [1.165, 1.54) is 0 Å². The first-order valence-electron chi connectivity index (χ1n) is 7.02. The third-order valence-electron chi connectivity index (χ3n) is 3.85. The largest absolute Gasteiger partial charge is 0.352 e. The molecule has 1 heterocycles. The number of nitrogens with one attached hydrogen (secondary N) is 1. The molecule has 0 atom stereocenters. The number of ketones is 1. The molecule has 0 radical (unpaired) electrons. The molecule has 1 fully saturated rings. The molecule has 0 saturated heterocycles. The van der Waals surface area contributed by atoms with Crippen LogP contribution in [0.1, 0.15) is 34.6 Å². The van der Waals surface area contributed by atoms with Gasteiger partial charge in [-0.15, -0.1) is 0 Å². The van der Waals surface area contributed by atoms with Crippen molar-refractivity contribution < 1.29 is 9.59 Å². The lowest BCUT2D eigenvalue weighted by Gasteiger charge is -2.15. The van der Waals surface area contributed by atoms with Crippen molar-refractivity contribution in [2.24, 2.45) is 7.05 Å². The second-order valence-corrected chi connectivity index (χ2v) is 5.78. The summed E-state index contributed by atoms with van der Waals surface area (Å²) in [5, 5.41) is 2.93. The van der Waals surface area contributed by atoms with Gasteiger partial charge in [-0.2, -0.15) is 0 Å². The molecule has 1 amide bonds. The number of carbonyl (C=O) groups excluding carboxylic acids is 2. The molecule has 1 aliphatic rings. The topological polar surface area (TPSA) is 54.3 Å². The zero-order valence-corrected chi connectivity index (χ0v) is 12.7. The molecule has 1 N–H and O–H groups in total. The Morgan fingerprint density at radius 2 is 2.00 bits per heavy atom. The van der Waals surface area contributed by atoms with Crippen LogP contribution >= 0.6 is 0 Å². The zero-order chi connectivity index (χ0) is 14.9. The fourth-order valence-electron chi connectivity index (χ4n) is 2.27. The van der Waals surface area contributed by atoms with E-state index in [1.807, 2.05) is 31.5 Å². The van der Waals surface area contributed by atoms with Crippen molar-refractivity contribution in [3.8, 4) is 0 Å². The number of hydrogen-bond donors (Lipinski definition) is 1. The van der Waals surface area contributed by atoms with Gasteiger partial charge in [0.05, 0.1) is 13.1 Å². The summed E-state index contributed by atoms with van der Waals surface area (Å²) in [6, 6.07) is 2.28. The molecule has 1 aromatic heterocycles. The number of likely N-dealkylation sites (N-methyl/N-ethyl adjacent to an activating group) is 1. The smallest absolute Gasteiger partial charge is 0.234 e. The Hall–Kier alpha value is -1.62. The summed E-state index contributed by atoms with van der Waals surface area (Å²) in [5.41, 5.74) is 2.79. The molecular formula is C15H23N3O2. The van der Waals surface area contributed by atoms with E-state index in [-0.39, 0.29) is 24.8 Å². The summed E-state index contributed by atoms with van der Waals surface area (Å²) >= 11 is 0. The molecule has 2 rings (SSSR count). The predicted molar refractivity (Wildman–Crippen MR) is 77.9 cm³/mol. The maximum Gasteiger partial charge on any atom is 0.234 e. The van der Waals surface area contributed by atoms with Crippen molar-refractivity contribution in [2.75, 3.05) is 20.1 Å². The number of nitrogens with zero attached hydrogens (tertiary/aromatic N) is 2. The summed E-state index contributed by atoms with van der Waals surface area (Å²) in [6.07, 6.45) is 2.16. The Morgan fingerprint density at radius 1 is 1.35 bits per heavy atom. The second-order valence-electron chi connectivity index (χ2n) is 5.78. The van der Waals surface area contributed by atoms with E-state index in [1.54, 1.807) is 11.9 Å². The van der Waals surface area contributed by atoms with E-state index in [0.29, 0.717) is 6.04 Å². The zero-order valence-electron chi connectivity index (χ0n) is 12.7. The lowest BCUT2D eigenvalue weighted by molar-refractivity contribution is -0.121. The average Bonchev–Trinajstić information content (AvgIpc) is 3.12. The molecule has 1 saturated carbocycles. The van der Waals surface area contributed by atoms with Crippen LogP contribution in [0.5, 0.6) is 0 Å². The molecule has 1 aromatic rings. The van der Waals surface area contributed by atoms with Crippen LogP contribution in [0.15, 0.2) is 6.07 Å². The molecule has 1 aliphatic carbocycles. The minimum atomic E-state index is 0.00349. The first-order valence-corrected chi connectivity index (χ1v) is 7.02. The number of amides is 1. The first-order chi connectivity index (χ1) is 9.38. The Morgan fingerprint density at radius 3 is 2.50 bits per heavy atom. The van der Waals surface area contributed by atoms with Crippen LogP contribution in [0.25, 0.3) is 0 Å².